The summed E-state index contributed by atoms with van der Waals surface area (Å²) >= 11 is 1.36. The first-order valence-corrected chi connectivity index (χ1v) is 8.34. The smallest absolute Gasteiger partial charge is 0.274 e. The molecule has 1 aromatic carbocycles. The second-order valence-electron chi connectivity index (χ2n) is 5.51. The van der Waals surface area contributed by atoms with Gasteiger partial charge >= 0.3 is 0 Å². The molecule has 1 fully saturated rings. The predicted octanol–water partition coefficient (Wildman–Crippen LogP) is 0.955. The molecule has 1 unspecified atom stereocenters. The van der Waals surface area contributed by atoms with E-state index in [9.17, 15) is 9.59 Å². The van der Waals surface area contributed by atoms with Gasteiger partial charge in [-0.25, -0.2) is 4.98 Å². The molecule has 0 saturated carbocycles. The lowest BCUT2D eigenvalue weighted by atomic mass is 10.1. The topological polar surface area (TPSA) is 79.5 Å². The van der Waals surface area contributed by atoms with Crippen LogP contribution in [-0.4, -0.2) is 52.3 Å². The van der Waals surface area contributed by atoms with Crippen LogP contribution in [0.15, 0.2) is 41.2 Å². The van der Waals surface area contributed by atoms with E-state index in [1.165, 1.54) is 16.9 Å². The average Bonchev–Trinajstić information content (AvgIpc) is 3.09. The molecule has 2 aromatic rings. The van der Waals surface area contributed by atoms with Gasteiger partial charge in [-0.05, 0) is 5.56 Å². The van der Waals surface area contributed by atoms with Crippen LogP contribution in [0.4, 0.5) is 0 Å². The molecular formula is C16H18N4O2S. The molecule has 0 bridgehead atoms. The minimum absolute atomic E-state index is 0.227. The number of aromatic nitrogens is 1. The third kappa shape index (κ3) is 3.57. The molecule has 1 saturated heterocycles. The van der Waals surface area contributed by atoms with Gasteiger partial charge in [0.25, 0.3) is 5.91 Å². The number of thiazole rings is 1. The number of piperazine rings is 1. The van der Waals surface area contributed by atoms with Gasteiger partial charge in [0.2, 0.25) is 5.91 Å². The molecule has 2 amide bonds. The van der Waals surface area contributed by atoms with Crippen molar-refractivity contribution in [3.8, 4) is 0 Å². The molecule has 1 atom stereocenters. The summed E-state index contributed by atoms with van der Waals surface area (Å²) in [7, 11) is 0. The zero-order valence-corrected chi connectivity index (χ0v) is 13.4. The number of primary amides is 1. The Kier molecular flexibility index (Phi) is 4.68. The van der Waals surface area contributed by atoms with Gasteiger partial charge in [-0.15, -0.1) is 11.3 Å². The number of hydrogen-bond acceptors (Lipinski definition) is 5. The molecule has 2 heterocycles. The predicted molar refractivity (Wildman–Crippen MR) is 87.9 cm³/mol. The van der Waals surface area contributed by atoms with Gasteiger partial charge < -0.3 is 10.6 Å². The Labute approximate surface area is 138 Å². The van der Waals surface area contributed by atoms with E-state index in [2.05, 4.69) is 9.88 Å². The number of hydrogen-bond donors (Lipinski definition) is 1. The molecule has 0 radical (unpaired) electrons. The number of carbonyl (C=O) groups is 2. The SMILES string of the molecule is NC(=O)C1CN(Cc2ccccc2)CCN1C(=O)c1cscn1. The lowest BCUT2D eigenvalue weighted by Gasteiger charge is -2.39. The minimum atomic E-state index is -0.623. The Morgan fingerprint density at radius 2 is 2.04 bits per heavy atom. The molecule has 0 aliphatic carbocycles. The molecule has 1 aliphatic heterocycles. The molecule has 3 rings (SSSR count). The highest BCUT2D eigenvalue weighted by Gasteiger charge is 2.35. The van der Waals surface area contributed by atoms with Crippen LogP contribution < -0.4 is 5.73 Å². The second kappa shape index (κ2) is 6.89. The van der Waals surface area contributed by atoms with Crippen molar-refractivity contribution >= 4 is 23.2 Å². The largest absolute Gasteiger partial charge is 0.368 e. The van der Waals surface area contributed by atoms with Crippen LogP contribution in [-0.2, 0) is 11.3 Å². The van der Waals surface area contributed by atoms with Crippen LogP contribution in [0.5, 0.6) is 0 Å². The molecule has 2 N–H and O–H groups in total. The lowest BCUT2D eigenvalue weighted by molar-refractivity contribution is -0.124. The average molecular weight is 330 g/mol. The summed E-state index contributed by atoms with van der Waals surface area (Å²) in [4.78, 5) is 32.0. The Morgan fingerprint density at radius 3 is 2.70 bits per heavy atom. The highest BCUT2D eigenvalue weighted by Crippen LogP contribution is 2.16. The van der Waals surface area contributed by atoms with E-state index < -0.39 is 11.9 Å². The molecule has 7 heteroatoms. The van der Waals surface area contributed by atoms with E-state index >= 15 is 0 Å². The van der Waals surface area contributed by atoms with Crippen molar-refractivity contribution in [2.24, 2.45) is 5.73 Å². The first kappa shape index (κ1) is 15.6. The van der Waals surface area contributed by atoms with Crippen LogP contribution in [0.3, 0.4) is 0 Å². The maximum absolute atomic E-state index is 12.5. The normalized spacial score (nSPS) is 18.8. The summed E-state index contributed by atoms with van der Waals surface area (Å²) in [6, 6.07) is 9.42. The summed E-state index contributed by atoms with van der Waals surface area (Å²) in [5.74, 6) is -0.708. The maximum atomic E-state index is 12.5. The molecule has 1 aromatic heterocycles. The fourth-order valence-electron chi connectivity index (χ4n) is 2.78. The standard InChI is InChI=1S/C16H18N4O2S/c17-15(21)14-9-19(8-12-4-2-1-3-5-12)6-7-20(14)16(22)13-10-23-11-18-13/h1-5,10-11,14H,6-9H2,(H2,17,21). The molecular weight excluding hydrogens is 312 g/mol. The van der Waals surface area contributed by atoms with Crippen LogP contribution in [0.25, 0.3) is 0 Å². The number of benzene rings is 1. The highest BCUT2D eigenvalue weighted by atomic mass is 32.1. The van der Waals surface area contributed by atoms with E-state index in [4.69, 9.17) is 5.73 Å². The van der Waals surface area contributed by atoms with Gasteiger partial charge in [0.15, 0.2) is 0 Å². The van der Waals surface area contributed by atoms with E-state index in [0.29, 0.717) is 25.3 Å². The minimum Gasteiger partial charge on any atom is -0.368 e. The zero-order chi connectivity index (χ0) is 16.2. The van der Waals surface area contributed by atoms with E-state index in [1.807, 2.05) is 30.3 Å². The van der Waals surface area contributed by atoms with Crippen molar-refractivity contribution in [2.75, 3.05) is 19.6 Å². The van der Waals surface area contributed by atoms with Crippen molar-refractivity contribution in [3.63, 3.8) is 0 Å². The van der Waals surface area contributed by atoms with Crippen molar-refractivity contribution in [1.29, 1.82) is 0 Å². The van der Waals surface area contributed by atoms with E-state index in [-0.39, 0.29) is 5.91 Å². The van der Waals surface area contributed by atoms with Crippen molar-refractivity contribution in [2.45, 2.75) is 12.6 Å². The fourth-order valence-corrected chi connectivity index (χ4v) is 3.30. The van der Waals surface area contributed by atoms with Gasteiger partial charge in [0.1, 0.15) is 11.7 Å². The molecule has 120 valence electrons. The molecule has 23 heavy (non-hydrogen) atoms. The van der Waals surface area contributed by atoms with Crippen LogP contribution in [0.1, 0.15) is 16.1 Å². The number of amides is 2. The Balaban J connectivity index is 1.71. The summed E-state index contributed by atoms with van der Waals surface area (Å²) in [5, 5.41) is 1.69. The summed E-state index contributed by atoms with van der Waals surface area (Å²) < 4.78 is 0. The van der Waals surface area contributed by atoms with E-state index in [1.54, 1.807) is 15.8 Å². The first-order valence-electron chi connectivity index (χ1n) is 7.40. The zero-order valence-electron chi connectivity index (χ0n) is 12.6. The second-order valence-corrected chi connectivity index (χ2v) is 6.23. The third-order valence-corrected chi connectivity index (χ3v) is 4.54. The number of carbonyl (C=O) groups excluding carboxylic acids is 2. The van der Waals surface area contributed by atoms with Crippen LogP contribution >= 0.6 is 11.3 Å². The number of rotatable bonds is 4. The summed E-state index contributed by atoms with van der Waals surface area (Å²) in [6.45, 7) is 2.36. The van der Waals surface area contributed by atoms with Crippen molar-refractivity contribution in [3.05, 3.63) is 52.5 Å². The highest BCUT2D eigenvalue weighted by molar-refractivity contribution is 7.07. The lowest BCUT2D eigenvalue weighted by Crippen LogP contribution is -2.59. The Morgan fingerprint density at radius 1 is 1.26 bits per heavy atom. The fraction of sp³-hybridized carbons (Fsp3) is 0.312. The van der Waals surface area contributed by atoms with Gasteiger partial charge in [0, 0.05) is 31.6 Å². The molecule has 1 aliphatic rings. The summed E-state index contributed by atoms with van der Waals surface area (Å²) in [5.41, 5.74) is 8.69. The maximum Gasteiger partial charge on any atom is 0.274 e. The van der Waals surface area contributed by atoms with Crippen molar-refractivity contribution < 1.29 is 9.59 Å². The van der Waals surface area contributed by atoms with Gasteiger partial charge in [-0.3, -0.25) is 14.5 Å². The first-order chi connectivity index (χ1) is 11.1. The number of nitrogens with two attached hydrogens (primary N) is 1. The van der Waals surface area contributed by atoms with Crippen LogP contribution in [0.2, 0.25) is 0 Å². The monoisotopic (exact) mass is 330 g/mol. The van der Waals surface area contributed by atoms with Gasteiger partial charge in [0.05, 0.1) is 5.51 Å². The molecule has 6 nitrogen and oxygen atoms in total. The molecule has 0 spiro atoms. The van der Waals surface area contributed by atoms with Gasteiger partial charge in [-0.2, -0.15) is 0 Å². The quantitative estimate of drug-likeness (QED) is 0.905. The van der Waals surface area contributed by atoms with E-state index in [0.717, 1.165) is 6.54 Å². The third-order valence-electron chi connectivity index (χ3n) is 3.95. The Hall–Kier alpha value is -2.25. The summed E-state index contributed by atoms with van der Waals surface area (Å²) in [6.07, 6.45) is 0. The Bertz CT molecular complexity index is 675. The van der Waals surface area contributed by atoms with Crippen molar-refractivity contribution in [1.82, 2.24) is 14.8 Å². The van der Waals surface area contributed by atoms with Gasteiger partial charge in [-0.1, -0.05) is 30.3 Å². The van der Waals surface area contributed by atoms with Crippen LogP contribution in [0, 0.1) is 0 Å². The number of nitrogens with zero attached hydrogens (tertiary/aromatic N) is 3.